The number of alkyl halides is 1. The second-order valence-electron chi connectivity index (χ2n) is 3.71. The summed E-state index contributed by atoms with van der Waals surface area (Å²) in [7, 11) is 2.98. The molecule has 2 heterocycles. The van der Waals surface area contributed by atoms with Gasteiger partial charge >= 0.3 is 12.0 Å². The first-order valence-electron chi connectivity index (χ1n) is 5.55. The Morgan fingerprint density at radius 1 is 1.28 bits per heavy atom. The van der Waals surface area contributed by atoms with E-state index in [1.54, 1.807) is 0 Å². The molecule has 8 heteroatoms. The summed E-state index contributed by atoms with van der Waals surface area (Å²) in [6.45, 7) is 1.36. The molecule has 0 aromatic carbocycles. The van der Waals surface area contributed by atoms with Crippen LogP contribution in [-0.4, -0.2) is 53.9 Å². The van der Waals surface area contributed by atoms with Gasteiger partial charge in [-0.2, -0.15) is 9.97 Å². The highest BCUT2D eigenvalue weighted by molar-refractivity contribution is 6.20. The minimum Gasteiger partial charge on any atom is -0.467 e. The van der Waals surface area contributed by atoms with Gasteiger partial charge in [0.25, 0.3) is 0 Å². The monoisotopic (exact) mass is 274 g/mol. The first-order valence-corrected chi connectivity index (χ1v) is 5.98. The number of hydrogen-bond donors (Lipinski definition) is 1. The van der Waals surface area contributed by atoms with Gasteiger partial charge in [-0.05, 0) is 0 Å². The lowest BCUT2D eigenvalue weighted by Gasteiger charge is -2.28. The van der Waals surface area contributed by atoms with Crippen molar-refractivity contribution in [1.82, 2.24) is 20.3 Å². The molecule has 0 aliphatic carbocycles. The Morgan fingerprint density at radius 2 is 1.94 bits per heavy atom. The molecular formula is C10H15ClN4O3. The van der Waals surface area contributed by atoms with Gasteiger partial charge < -0.3 is 19.5 Å². The molecule has 18 heavy (non-hydrogen) atoms. The van der Waals surface area contributed by atoms with E-state index in [2.05, 4.69) is 20.3 Å². The first kappa shape index (κ1) is 13.3. The molecule has 2 unspecified atom stereocenters. The van der Waals surface area contributed by atoms with Gasteiger partial charge in [-0.1, -0.05) is 11.6 Å². The van der Waals surface area contributed by atoms with Gasteiger partial charge in [0.05, 0.1) is 26.9 Å². The topological polar surface area (TPSA) is 78.4 Å². The summed E-state index contributed by atoms with van der Waals surface area (Å²) in [6, 6.07) is 0.400. The van der Waals surface area contributed by atoms with Gasteiger partial charge in [0.15, 0.2) is 0 Å². The van der Waals surface area contributed by atoms with Gasteiger partial charge in [-0.3, -0.25) is 0 Å². The molecule has 0 amide bonds. The molecule has 0 radical (unpaired) electrons. The van der Waals surface area contributed by atoms with E-state index >= 15 is 0 Å². The Kier molecular flexibility index (Phi) is 4.51. The fourth-order valence-electron chi connectivity index (χ4n) is 1.64. The molecular weight excluding hydrogens is 260 g/mol. The van der Waals surface area contributed by atoms with Crippen molar-refractivity contribution in [3.05, 3.63) is 5.82 Å². The average molecular weight is 275 g/mol. The van der Waals surface area contributed by atoms with Crippen LogP contribution < -0.4 is 14.8 Å². The van der Waals surface area contributed by atoms with Crippen LogP contribution >= 0.6 is 11.6 Å². The van der Waals surface area contributed by atoms with Crippen molar-refractivity contribution >= 4 is 11.6 Å². The van der Waals surface area contributed by atoms with Gasteiger partial charge in [0, 0.05) is 13.0 Å². The van der Waals surface area contributed by atoms with Crippen molar-refractivity contribution in [3.63, 3.8) is 0 Å². The molecule has 7 nitrogen and oxygen atoms in total. The van der Waals surface area contributed by atoms with Crippen LogP contribution in [0, 0.1) is 0 Å². The number of halogens is 1. The molecule has 100 valence electrons. The van der Waals surface area contributed by atoms with Crippen molar-refractivity contribution in [2.75, 3.05) is 27.4 Å². The van der Waals surface area contributed by atoms with E-state index in [9.17, 15) is 0 Å². The Morgan fingerprint density at radius 3 is 2.50 bits per heavy atom. The van der Waals surface area contributed by atoms with Crippen LogP contribution in [0.4, 0.5) is 0 Å². The smallest absolute Gasteiger partial charge is 0.322 e. The molecule has 2 atom stereocenters. The van der Waals surface area contributed by atoms with Crippen LogP contribution in [0.25, 0.3) is 0 Å². The highest BCUT2D eigenvalue weighted by Gasteiger charge is 2.25. The zero-order chi connectivity index (χ0) is 13.0. The summed E-state index contributed by atoms with van der Waals surface area (Å²) < 4.78 is 15.3. The van der Waals surface area contributed by atoms with Gasteiger partial charge in [0.2, 0.25) is 0 Å². The summed E-state index contributed by atoms with van der Waals surface area (Å²) in [5, 5.41) is 3.25. The maximum Gasteiger partial charge on any atom is 0.322 e. The minimum atomic E-state index is -0.396. The maximum absolute atomic E-state index is 6.06. The molecule has 0 spiro atoms. The summed E-state index contributed by atoms with van der Waals surface area (Å²) in [4.78, 5) is 12.2. The molecule has 1 aromatic rings. The van der Waals surface area contributed by atoms with Crippen molar-refractivity contribution < 1.29 is 14.2 Å². The summed E-state index contributed by atoms with van der Waals surface area (Å²) in [5.41, 5.74) is -0.396. The maximum atomic E-state index is 6.06. The number of morpholine rings is 1. The lowest BCUT2D eigenvalue weighted by molar-refractivity contribution is 0.0471. The normalized spacial score (nSPS) is 23.7. The zero-order valence-corrected chi connectivity index (χ0v) is 11.0. The highest BCUT2D eigenvalue weighted by Crippen LogP contribution is 2.15. The van der Waals surface area contributed by atoms with Crippen molar-refractivity contribution in [3.8, 4) is 12.0 Å². The standard InChI is InChI=1S/C10H15ClN4O3/c1-16-9-13-7(14-10(15-9)17-2)5-6-8(11)18-4-3-12-6/h6,8,12H,3-5H2,1-2H3. The lowest BCUT2D eigenvalue weighted by Crippen LogP contribution is -2.47. The predicted molar refractivity (Wildman–Crippen MR) is 64.0 cm³/mol. The van der Waals surface area contributed by atoms with Crippen LogP contribution in [0.5, 0.6) is 12.0 Å². The fourth-order valence-corrected chi connectivity index (χ4v) is 1.90. The van der Waals surface area contributed by atoms with E-state index in [4.69, 9.17) is 25.8 Å². The Bertz CT molecular complexity index is 384. The molecule has 1 saturated heterocycles. The van der Waals surface area contributed by atoms with Crippen molar-refractivity contribution in [1.29, 1.82) is 0 Å². The summed E-state index contributed by atoms with van der Waals surface area (Å²) in [5.74, 6) is 0.548. The Hall–Kier alpha value is -1.18. The number of ether oxygens (including phenoxy) is 3. The van der Waals surface area contributed by atoms with Gasteiger partial charge in [0.1, 0.15) is 11.4 Å². The molecule has 1 aromatic heterocycles. The fraction of sp³-hybridized carbons (Fsp3) is 0.700. The van der Waals surface area contributed by atoms with Gasteiger partial charge in [-0.15, -0.1) is 4.98 Å². The Labute approximate surface area is 110 Å². The Balaban J connectivity index is 2.12. The van der Waals surface area contributed by atoms with E-state index < -0.39 is 5.56 Å². The van der Waals surface area contributed by atoms with E-state index in [0.717, 1.165) is 6.54 Å². The minimum absolute atomic E-state index is 0.0442. The number of hydrogen-bond acceptors (Lipinski definition) is 7. The quantitative estimate of drug-likeness (QED) is 0.773. The lowest BCUT2D eigenvalue weighted by atomic mass is 10.2. The molecule has 2 rings (SSSR count). The molecule has 1 N–H and O–H groups in total. The molecule has 1 fully saturated rings. The van der Waals surface area contributed by atoms with Crippen molar-refractivity contribution in [2.45, 2.75) is 18.0 Å². The second-order valence-corrected chi connectivity index (χ2v) is 4.14. The SMILES string of the molecule is COc1nc(CC2NCCOC2Cl)nc(OC)n1. The van der Waals surface area contributed by atoms with Crippen LogP contribution in [0.3, 0.4) is 0 Å². The molecule has 0 bridgehead atoms. The zero-order valence-electron chi connectivity index (χ0n) is 10.2. The molecule has 1 aliphatic rings. The summed E-state index contributed by atoms with van der Waals surface area (Å²) >= 11 is 6.06. The van der Waals surface area contributed by atoms with Crippen LogP contribution in [0.15, 0.2) is 0 Å². The van der Waals surface area contributed by atoms with Gasteiger partial charge in [-0.25, -0.2) is 0 Å². The first-order chi connectivity index (χ1) is 8.72. The average Bonchev–Trinajstić information content (AvgIpc) is 2.41. The third-order valence-electron chi connectivity index (χ3n) is 2.51. The van der Waals surface area contributed by atoms with Crippen molar-refractivity contribution in [2.24, 2.45) is 0 Å². The van der Waals surface area contributed by atoms with Crippen LogP contribution in [0.2, 0.25) is 0 Å². The number of rotatable bonds is 4. The van der Waals surface area contributed by atoms with E-state index in [1.807, 2.05) is 0 Å². The third kappa shape index (κ3) is 3.18. The van der Waals surface area contributed by atoms with E-state index in [1.165, 1.54) is 14.2 Å². The number of nitrogens with one attached hydrogen (secondary N) is 1. The predicted octanol–water partition coefficient (Wildman–Crippen LogP) is -0.0154. The number of nitrogens with zero attached hydrogens (tertiary/aromatic N) is 3. The third-order valence-corrected chi connectivity index (χ3v) is 2.94. The summed E-state index contributed by atoms with van der Waals surface area (Å²) in [6.07, 6.45) is 0.517. The largest absolute Gasteiger partial charge is 0.467 e. The number of methoxy groups -OCH3 is 2. The highest BCUT2D eigenvalue weighted by atomic mass is 35.5. The van der Waals surface area contributed by atoms with Crippen LogP contribution in [0.1, 0.15) is 5.82 Å². The van der Waals surface area contributed by atoms with Crippen LogP contribution in [-0.2, 0) is 11.2 Å². The molecule has 0 saturated carbocycles. The number of aromatic nitrogens is 3. The van der Waals surface area contributed by atoms with E-state index in [0.29, 0.717) is 18.9 Å². The second kappa shape index (κ2) is 6.12. The molecule has 1 aliphatic heterocycles. The van der Waals surface area contributed by atoms with E-state index in [-0.39, 0.29) is 18.1 Å².